The summed E-state index contributed by atoms with van der Waals surface area (Å²) in [6.45, 7) is 10.7. The Hall–Kier alpha value is -0.960. The van der Waals surface area contributed by atoms with E-state index in [1.54, 1.807) is 6.07 Å². The van der Waals surface area contributed by atoms with Crippen molar-refractivity contribution in [3.8, 4) is 0 Å². The summed E-state index contributed by atoms with van der Waals surface area (Å²) in [6.07, 6.45) is 0. The number of pyridine rings is 1. The number of nitrogens with two attached hydrogens (primary N) is 1. The molecule has 4 heteroatoms. The molecule has 1 rings (SSSR count). The van der Waals surface area contributed by atoms with Crippen LogP contribution in [0.2, 0.25) is 5.15 Å². The van der Waals surface area contributed by atoms with E-state index in [-0.39, 0.29) is 0 Å². The minimum absolute atomic E-state index is 0.456. The number of hydrogen-bond acceptors (Lipinski definition) is 3. The molecule has 0 aliphatic heterocycles. The first-order chi connectivity index (χ1) is 7.88. The van der Waals surface area contributed by atoms with Gasteiger partial charge < -0.3 is 10.6 Å². The van der Waals surface area contributed by atoms with Crippen LogP contribution in [-0.2, 0) is 0 Å². The lowest BCUT2D eigenvalue weighted by Crippen LogP contribution is -2.32. The number of anilines is 2. The Balaban J connectivity index is 2.94. The molecule has 17 heavy (non-hydrogen) atoms. The van der Waals surface area contributed by atoms with E-state index in [1.165, 1.54) is 0 Å². The number of aromatic nitrogens is 1. The molecule has 3 nitrogen and oxygen atoms in total. The Labute approximate surface area is 109 Å². The van der Waals surface area contributed by atoms with Crippen LogP contribution < -0.4 is 10.6 Å². The first-order valence-electron chi connectivity index (χ1n) is 6.06. The summed E-state index contributed by atoms with van der Waals surface area (Å²) in [5.41, 5.74) is 6.47. The molecule has 0 saturated heterocycles. The lowest BCUT2D eigenvalue weighted by Gasteiger charge is -2.27. The summed E-state index contributed by atoms with van der Waals surface area (Å²) in [6, 6.07) is 3.56. The Morgan fingerprint density at radius 2 is 1.71 bits per heavy atom. The molecule has 0 fully saturated rings. The molecule has 0 bridgehead atoms. The Morgan fingerprint density at radius 3 is 2.12 bits per heavy atom. The van der Waals surface area contributed by atoms with E-state index in [0.29, 0.717) is 22.7 Å². The van der Waals surface area contributed by atoms with Crippen LogP contribution in [0.5, 0.6) is 0 Å². The smallest absolute Gasteiger partial charge is 0.133 e. The van der Waals surface area contributed by atoms with Gasteiger partial charge in [0.15, 0.2) is 0 Å². The van der Waals surface area contributed by atoms with E-state index in [4.69, 9.17) is 17.3 Å². The van der Waals surface area contributed by atoms with Crippen LogP contribution in [0.4, 0.5) is 11.5 Å². The maximum Gasteiger partial charge on any atom is 0.133 e. The summed E-state index contributed by atoms with van der Waals surface area (Å²) >= 11 is 5.95. The van der Waals surface area contributed by atoms with Crippen LogP contribution in [0, 0.1) is 11.8 Å². The highest BCUT2D eigenvalue weighted by molar-refractivity contribution is 6.29. The molecule has 96 valence electrons. The molecule has 0 atom stereocenters. The van der Waals surface area contributed by atoms with Crippen molar-refractivity contribution in [3.63, 3.8) is 0 Å². The molecular formula is C13H22ClN3. The highest BCUT2D eigenvalue weighted by Crippen LogP contribution is 2.21. The molecule has 2 N–H and O–H groups in total. The highest BCUT2D eigenvalue weighted by atomic mass is 35.5. The third-order valence-electron chi connectivity index (χ3n) is 2.30. The van der Waals surface area contributed by atoms with Gasteiger partial charge in [-0.15, -0.1) is 0 Å². The van der Waals surface area contributed by atoms with E-state index < -0.39 is 0 Å². The zero-order chi connectivity index (χ0) is 13.0. The van der Waals surface area contributed by atoms with Gasteiger partial charge in [-0.1, -0.05) is 39.3 Å². The summed E-state index contributed by atoms with van der Waals surface area (Å²) in [4.78, 5) is 6.60. The zero-order valence-corrected chi connectivity index (χ0v) is 11.8. The van der Waals surface area contributed by atoms with Gasteiger partial charge >= 0.3 is 0 Å². The van der Waals surface area contributed by atoms with Crippen LogP contribution in [0.3, 0.4) is 0 Å². The molecule has 0 radical (unpaired) electrons. The predicted molar refractivity (Wildman–Crippen MR) is 75.5 cm³/mol. The van der Waals surface area contributed by atoms with Gasteiger partial charge in [-0.2, -0.15) is 0 Å². The summed E-state index contributed by atoms with van der Waals surface area (Å²) in [5.74, 6) is 2.03. The number of halogens is 1. The zero-order valence-electron chi connectivity index (χ0n) is 11.1. The largest absolute Gasteiger partial charge is 0.399 e. The van der Waals surface area contributed by atoms with E-state index in [0.717, 1.165) is 18.9 Å². The average Bonchev–Trinajstić information content (AvgIpc) is 2.13. The molecule has 0 spiro atoms. The molecule has 1 aromatic rings. The van der Waals surface area contributed by atoms with Crippen LogP contribution in [-0.4, -0.2) is 18.1 Å². The van der Waals surface area contributed by atoms with Gasteiger partial charge in [-0.25, -0.2) is 4.98 Å². The van der Waals surface area contributed by atoms with Crippen molar-refractivity contribution in [3.05, 3.63) is 17.3 Å². The van der Waals surface area contributed by atoms with E-state index in [9.17, 15) is 0 Å². The third-order valence-corrected chi connectivity index (χ3v) is 2.49. The van der Waals surface area contributed by atoms with Crippen molar-refractivity contribution in [1.82, 2.24) is 4.98 Å². The van der Waals surface area contributed by atoms with Gasteiger partial charge in [0.25, 0.3) is 0 Å². The second-order valence-electron chi connectivity index (χ2n) is 5.27. The van der Waals surface area contributed by atoms with Gasteiger partial charge in [-0.05, 0) is 17.9 Å². The average molecular weight is 256 g/mol. The van der Waals surface area contributed by atoms with Crippen LogP contribution in [0.1, 0.15) is 27.7 Å². The standard InChI is InChI=1S/C13H22ClN3/c1-9(2)7-17(8-10(3)4)13-6-11(15)5-12(14)16-13/h5-6,9-10H,7-8H2,1-4H3,(H2,15,16). The second-order valence-corrected chi connectivity index (χ2v) is 5.66. The van der Waals surface area contributed by atoms with Gasteiger partial charge in [0.1, 0.15) is 11.0 Å². The summed E-state index contributed by atoms with van der Waals surface area (Å²) < 4.78 is 0. The van der Waals surface area contributed by atoms with Crippen molar-refractivity contribution >= 4 is 23.1 Å². The predicted octanol–water partition coefficient (Wildman–Crippen LogP) is 3.44. The Morgan fingerprint density at radius 1 is 1.18 bits per heavy atom. The first kappa shape index (κ1) is 14.1. The molecular weight excluding hydrogens is 234 g/mol. The number of nitrogens with zero attached hydrogens (tertiary/aromatic N) is 2. The van der Waals surface area contributed by atoms with Crippen molar-refractivity contribution in [1.29, 1.82) is 0 Å². The van der Waals surface area contributed by atoms with Crippen molar-refractivity contribution < 1.29 is 0 Å². The summed E-state index contributed by atoms with van der Waals surface area (Å²) in [5, 5.41) is 0.456. The lowest BCUT2D eigenvalue weighted by atomic mass is 10.1. The number of hydrogen-bond donors (Lipinski definition) is 1. The Bertz CT molecular complexity index is 333. The molecule has 0 aliphatic rings. The molecule has 0 amide bonds. The quantitative estimate of drug-likeness (QED) is 0.820. The van der Waals surface area contributed by atoms with Crippen molar-refractivity contribution in [2.24, 2.45) is 11.8 Å². The van der Waals surface area contributed by atoms with Gasteiger partial charge in [0.05, 0.1) is 0 Å². The normalized spacial score (nSPS) is 11.2. The maximum atomic E-state index is 5.95. The topological polar surface area (TPSA) is 42.1 Å². The fourth-order valence-electron chi connectivity index (χ4n) is 1.81. The molecule has 0 unspecified atom stereocenters. The van der Waals surface area contributed by atoms with E-state index in [1.807, 2.05) is 6.07 Å². The van der Waals surface area contributed by atoms with Gasteiger partial charge in [-0.3, -0.25) is 0 Å². The van der Waals surface area contributed by atoms with Crippen molar-refractivity contribution in [2.45, 2.75) is 27.7 Å². The number of rotatable bonds is 5. The number of nitrogen functional groups attached to an aromatic ring is 1. The van der Waals surface area contributed by atoms with Gasteiger partial charge in [0.2, 0.25) is 0 Å². The monoisotopic (exact) mass is 255 g/mol. The highest BCUT2D eigenvalue weighted by Gasteiger charge is 2.12. The minimum atomic E-state index is 0.456. The molecule has 0 saturated carbocycles. The fourth-order valence-corrected chi connectivity index (χ4v) is 2.02. The third kappa shape index (κ3) is 4.82. The van der Waals surface area contributed by atoms with Crippen LogP contribution in [0.25, 0.3) is 0 Å². The molecule has 0 aromatic carbocycles. The summed E-state index contributed by atoms with van der Waals surface area (Å²) in [7, 11) is 0. The molecule has 1 heterocycles. The molecule has 1 aromatic heterocycles. The second kappa shape index (κ2) is 6.10. The van der Waals surface area contributed by atoms with Crippen molar-refractivity contribution in [2.75, 3.05) is 23.7 Å². The first-order valence-corrected chi connectivity index (χ1v) is 6.44. The maximum absolute atomic E-state index is 5.95. The van der Waals surface area contributed by atoms with E-state index >= 15 is 0 Å². The Kier molecular flexibility index (Phi) is 5.06. The fraction of sp³-hybridized carbons (Fsp3) is 0.615. The van der Waals surface area contributed by atoms with Crippen LogP contribution in [0.15, 0.2) is 12.1 Å². The lowest BCUT2D eigenvalue weighted by molar-refractivity contribution is 0.549. The van der Waals surface area contributed by atoms with E-state index in [2.05, 4.69) is 37.6 Å². The SMILES string of the molecule is CC(C)CN(CC(C)C)c1cc(N)cc(Cl)n1. The van der Waals surface area contributed by atoms with Crippen LogP contribution >= 0.6 is 11.6 Å². The molecule has 0 aliphatic carbocycles. The minimum Gasteiger partial charge on any atom is -0.399 e. The van der Waals surface area contributed by atoms with Gasteiger partial charge in [0, 0.05) is 24.8 Å².